The van der Waals surface area contributed by atoms with E-state index >= 15 is 0 Å². The number of nitrogens with one attached hydrogen (secondary N) is 1. The van der Waals surface area contributed by atoms with Crippen molar-refractivity contribution in [3.05, 3.63) is 126 Å². The maximum atomic E-state index is 11.0. The molecule has 0 saturated carbocycles. The molecule has 0 saturated heterocycles. The number of aromatic nitrogens is 4. The van der Waals surface area contributed by atoms with Gasteiger partial charge in [0.1, 0.15) is 22.7 Å². The van der Waals surface area contributed by atoms with E-state index in [0.717, 1.165) is 34.3 Å². The summed E-state index contributed by atoms with van der Waals surface area (Å²) in [6.45, 7) is 0. The molecule has 0 bridgehead atoms. The number of pyridine rings is 2. The molecule has 5 aromatic rings. The van der Waals surface area contributed by atoms with E-state index < -0.39 is 9.85 Å². The fraction of sp³-hybridized carbons (Fsp3) is 0.172. The predicted molar refractivity (Wildman–Crippen MR) is 161 cm³/mol. The Morgan fingerprint density at radius 1 is 0.786 bits per heavy atom. The minimum Gasteiger partial charge on any atom is -0.345 e. The number of halogens is 2. The Morgan fingerprint density at radius 3 is 2.10 bits per heavy atom. The maximum Gasteiger partial charge on any atom is 0.290 e. The highest BCUT2D eigenvalue weighted by molar-refractivity contribution is 6.29. The number of rotatable bonds is 8. The average Bonchev–Trinajstić information content (AvgIpc) is 3.65. The standard InChI is InChI=1S/C15H12ClN3O2.C14H11ClN4O2/c16-15-8-12(14(9-18-15)19(20)21)4-2-10-1-3-11-5-6-17-13(11)7-10;15-13-6-10(12(7-16-13)19(20)21)5-4-9-2-1-3-11-14(9)18-8-17-11/h1,3,6-9H,2,4-5H2;1-3,6-8H,4-5H2,(H,17,18). The van der Waals surface area contributed by atoms with Gasteiger partial charge in [0.05, 0.1) is 32.9 Å². The van der Waals surface area contributed by atoms with Crippen molar-refractivity contribution in [2.75, 3.05) is 0 Å². The molecule has 0 radical (unpaired) electrons. The molecule has 3 aromatic heterocycles. The number of hydrogen-bond donors (Lipinski definition) is 1. The summed E-state index contributed by atoms with van der Waals surface area (Å²) in [6, 6.07) is 15.1. The molecule has 0 fully saturated rings. The quantitative estimate of drug-likeness (QED) is 0.114. The van der Waals surface area contributed by atoms with Crippen LogP contribution in [-0.2, 0) is 32.1 Å². The van der Waals surface area contributed by atoms with Gasteiger partial charge in [-0.2, -0.15) is 0 Å². The van der Waals surface area contributed by atoms with Crippen molar-refractivity contribution in [3.63, 3.8) is 0 Å². The van der Waals surface area contributed by atoms with Gasteiger partial charge in [0, 0.05) is 23.8 Å². The lowest BCUT2D eigenvalue weighted by Crippen LogP contribution is -1.99. The van der Waals surface area contributed by atoms with E-state index in [9.17, 15) is 20.2 Å². The summed E-state index contributed by atoms with van der Waals surface area (Å²) in [5, 5.41) is 22.6. The van der Waals surface area contributed by atoms with Crippen LogP contribution < -0.4 is 0 Å². The van der Waals surface area contributed by atoms with Crippen molar-refractivity contribution in [2.24, 2.45) is 4.99 Å². The molecule has 0 aliphatic carbocycles. The summed E-state index contributed by atoms with van der Waals surface area (Å²) in [7, 11) is 0. The Labute approximate surface area is 249 Å². The molecule has 2 aromatic carbocycles. The second-order valence-corrected chi connectivity index (χ2v) is 10.3. The first-order chi connectivity index (χ1) is 20.3. The van der Waals surface area contributed by atoms with Crippen molar-refractivity contribution in [1.29, 1.82) is 0 Å². The minimum atomic E-state index is -0.437. The van der Waals surface area contributed by atoms with Gasteiger partial charge in [-0.3, -0.25) is 25.2 Å². The van der Waals surface area contributed by atoms with Crippen LogP contribution in [0.25, 0.3) is 11.0 Å². The van der Waals surface area contributed by atoms with Gasteiger partial charge in [0.25, 0.3) is 11.4 Å². The number of aryl methyl sites for hydroxylation is 4. The topological polar surface area (TPSA) is 153 Å². The monoisotopic (exact) mass is 603 g/mol. The first kappa shape index (κ1) is 28.8. The third-order valence-electron chi connectivity index (χ3n) is 6.83. The molecule has 1 aliphatic heterocycles. The third-order valence-corrected chi connectivity index (χ3v) is 7.24. The zero-order valence-corrected chi connectivity index (χ0v) is 23.5. The Kier molecular flexibility index (Phi) is 8.80. The number of nitro groups is 2. The Balaban J connectivity index is 0.000000168. The highest BCUT2D eigenvalue weighted by Crippen LogP contribution is 2.27. The van der Waals surface area contributed by atoms with Crippen LogP contribution in [0.3, 0.4) is 0 Å². The number of aromatic amines is 1. The van der Waals surface area contributed by atoms with Crippen molar-refractivity contribution < 1.29 is 9.85 Å². The summed E-state index contributed by atoms with van der Waals surface area (Å²) >= 11 is 11.7. The highest BCUT2D eigenvalue weighted by Gasteiger charge is 2.17. The highest BCUT2D eigenvalue weighted by atomic mass is 35.5. The Hall–Kier alpha value is -4.74. The summed E-state index contributed by atoms with van der Waals surface area (Å²) in [4.78, 5) is 40.3. The fourth-order valence-electron chi connectivity index (χ4n) is 4.73. The maximum absolute atomic E-state index is 11.0. The van der Waals surface area contributed by atoms with Gasteiger partial charge in [0.15, 0.2) is 0 Å². The molecule has 6 rings (SSSR count). The van der Waals surface area contributed by atoms with Gasteiger partial charge in [0.2, 0.25) is 0 Å². The van der Waals surface area contributed by atoms with E-state index in [1.807, 2.05) is 36.5 Å². The van der Waals surface area contributed by atoms with E-state index in [2.05, 4.69) is 31.0 Å². The smallest absolute Gasteiger partial charge is 0.290 e. The largest absolute Gasteiger partial charge is 0.345 e. The second kappa shape index (κ2) is 12.8. The normalized spacial score (nSPS) is 11.7. The molecular formula is C29H23Cl2N7O4. The Morgan fingerprint density at radius 2 is 1.43 bits per heavy atom. The lowest BCUT2D eigenvalue weighted by atomic mass is 10.0. The first-order valence-corrected chi connectivity index (χ1v) is 13.7. The lowest BCUT2D eigenvalue weighted by molar-refractivity contribution is -0.386. The molecule has 212 valence electrons. The lowest BCUT2D eigenvalue weighted by Gasteiger charge is -2.05. The first-order valence-electron chi connectivity index (χ1n) is 12.9. The van der Waals surface area contributed by atoms with E-state index in [1.54, 1.807) is 18.5 Å². The SMILES string of the molecule is O=[N+]([O-])c1cnc(Cl)cc1CCc1ccc2c(c1)N=CC2.O=[N+]([O-])c1cnc(Cl)cc1CCc1cccc2[nH]cnc12. The van der Waals surface area contributed by atoms with Crippen molar-refractivity contribution in [1.82, 2.24) is 19.9 Å². The van der Waals surface area contributed by atoms with Crippen molar-refractivity contribution in [3.8, 4) is 0 Å². The summed E-state index contributed by atoms with van der Waals surface area (Å²) in [5.74, 6) is 0. The van der Waals surface area contributed by atoms with Crippen LogP contribution in [-0.4, -0.2) is 36.0 Å². The molecule has 11 nitrogen and oxygen atoms in total. The average molecular weight is 604 g/mol. The number of hydrogen-bond acceptors (Lipinski definition) is 8. The van der Waals surface area contributed by atoms with Gasteiger partial charge < -0.3 is 4.98 Å². The molecule has 0 spiro atoms. The molecule has 4 heterocycles. The molecule has 0 amide bonds. The van der Waals surface area contributed by atoms with Crippen LogP contribution in [0.2, 0.25) is 10.3 Å². The molecule has 1 N–H and O–H groups in total. The third kappa shape index (κ3) is 6.76. The van der Waals surface area contributed by atoms with Gasteiger partial charge >= 0.3 is 0 Å². The van der Waals surface area contributed by atoms with E-state index in [-0.39, 0.29) is 21.7 Å². The number of aliphatic imine (C=N–C) groups is 1. The van der Waals surface area contributed by atoms with Crippen LogP contribution in [0.1, 0.15) is 27.8 Å². The van der Waals surface area contributed by atoms with Gasteiger partial charge in [-0.05, 0) is 66.6 Å². The molecule has 0 atom stereocenters. The number of benzene rings is 2. The van der Waals surface area contributed by atoms with E-state index in [4.69, 9.17) is 23.2 Å². The molecule has 0 unspecified atom stereocenters. The van der Waals surface area contributed by atoms with Crippen molar-refractivity contribution >= 4 is 57.5 Å². The van der Waals surface area contributed by atoms with Gasteiger partial charge in [-0.1, -0.05) is 47.5 Å². The van der Waals surface area contributed by atoms with Crippen LogP contribution in [0.15, 0.2) is 72.2 Å². The molecule has 1 aliphatic rings. The number of imidazole rings is 1. The number of nitrogens with zero attached hydrogens (tertiary/aromatic N) is 6. The zero-order chi connectivity index (χ0) is 29.6. The van der Waals surface area contributed by atoms with E-state index in [0.29, 0.717) is 36.8 Å². The molecule has 13 heteroatoms. The number of para-hydroxylation sites is 1. The van der Waals surface area contributed by atoms with Crippen LogP contribution in [0.5, 0.6) is 0 Å². The summed E-state index contributed by atoms with van der Waals surface area (Å²) in [6.07, 6.45) is 9.21. The van der Waals surface area contributed by atoms with Crippen LogP contribution in [0, 0.1) is 20.2 Å². The Bertz CT molecular complexity index is 1820. The summed E-state index contributed by atoms with van der Waals surface area (Å²) < 4.78 is 0. The predicted octanol–water partition coefficient (Wildman–Crippen LogP) is 6.99. The molecule has 42 heavy (non-hydrogen) atoms. The van der Waals surface area contributed by atoms with Crippen LogP contribution >= 0.6 is 23.2 Å². The van der Waals surface area contributed by atoms with Gasteiger partial charge in [-0.15, -0.1) is 0 Å². The van der Waals surface area contributed by atoms with E-state index in [1.165, 1.54) is 18.0 Å². The molecular weight excluding hydrogens is 581 g/mol. The fourth-order valence-corrected chi connectivity index (χ4v) is 5.09. The minimum absolute atomic E-state index is 0.00592. The number of H-pyrrole nitrogens is 1. The van der Waals surface area contributed by atoms with Crippen molar-refractivity contribution in [2.45, 2.75) is 32.1 Å². The van der Waals surface area contributed by atoms with Crippen LogP contribution in [0.4, 0.5) is 17.1 Å². The summed E-state index contributed by atoms with van der Waals surface area (Å²) in [5.41, 5.74) is 7.39. The second-order valence-electron chi connectivity index (χ2n) is 9.48. The zero-order valence-electron chi connectivity index (χ0n) is 22.0. The number of fused-ring (bicyclic) bond motifs is 2. The van der Waals surface area contributed by atoms with Gasteiger partial charge in [-0.25, -0.2) is 15.0 Å².